The van der Waals surface area contributed by atoms with E-state index >= 15 is 0 Å². The van der Waals surface area contributed by atoms with Gasteiger partial charge in [-0.3, -0.25) is 4.84 Å². The molecule has 0 radical (unpaired) electrons. The van der Waals surface area contributed by atoms with Gasteiger partial charge >= 0.3 is 0 Å². The number of pyridine rings is 1. The van der Waals surface area contributed by atoms with Crippen molar-refractivity contribution in [2.75, 3.05) is 6.61 Å². The summed E-state index contributed by atoms with van der Waals surface area (Å²) in [6, 6.07) is 13.8. The Kier molecular flexibility index (Phi) is 7.58. The standard InChI is InChI=1S/C14H16NO2.ClHO4/c1-2-16-14-8-10-15(11-9-14)17-12-13-6-4-3-5-7-13;2-1(3,4)5/h3-11H,2,12H2,1H3;(H,2,3,4,5)/q+1;/p-1. The summed E-state index contributed by atoms with van der Waals surface area (Å²) in [7, 11) is -4.94. The van der Waals surface area contributed by atoms with E-state index in [1.807, 2.05) is 61.8 Å². The number of ether oxygens (including phenoxy) is 1. The van der Waals surface area contributed by atoms with Crippen molar-refractivity contribution in [1.82, 2.24) is 0 Å². The van der Waals surface area contributed by atoms with Crippen molar-refractivity contribution in [3.8, 4) is 5.75 Å². The molecule has 0 aliphatic rings. The number of benzene rings is 1. The summed E-state index contributed by atoms with van der Waals surface area (Å²) in [6.45, 7) is 3.20. The van der Waals surface area contributed by atoms with Crippen LogP contribution in [-0.4, -0.2) is 6.61 Å². The Hall–Kier alpha value is -1.90. The van der Waals surface area contributed by atoms with Crippen molar-refractivity contribution in [3.63, 3.8) is 0 Å². The minimum absolute atomic E-state index is 0.555. The molecule has 0 aliphatic heterocycles. The van der Waals surface area contributed by atoms with Crippen LogP contribution < -0.4 is 32.9 Å². The van der Waals surface area contributed by atoms with Crippen LogP contribution in [0.1, 0.15) is 12.5 Å². The van der Waals surface area contributed by atoms with Crippen LogP contribution in [0.15, 0.2) is 54.9 Å². The van der Waals surface area contributed by atoms with Crippen LogP contribution in [0.3, 0.4) is 0 Å². The first-order valence-electron chi connectivity index (χ1n) is 6.31. The van der Waals surface area contributed by atoms with E-state index in [0.29, 0.717) is 13.2 Å². The number of hydrogen-bond acceptors (Lipinski definition) is 6. The van der Waals surface area contributed by atoms with E-state index in [1.165, 1.54) is 0 Å². The second-order valence-electron chi connectivity index (χ2n) is 3.96. The van der Waals surface area contributed by atoms with Crippen LogP contribution in [0, 0.1) is 10.2 Å². The molecule has 1 aromatic carbocycles. The quantitative estimate of drug-likeness (QED) is 0.549. The molecule has 1 heterocycles. The van der Waals surface area contributed by atoms with E-state index in [9.17, 15) is 0 Å². The first-order chi connectivity index (χ1) is 10.4. The molecule has 2 rings (SSSR count). The molecule has 0 atom stereocenters. The molecule has 0 saturated heterocycles. The Labute approximate surface area is 130 Å². The van der Waals surface area contributed by atoms with Crippen LogP contribution in [-0.2, 0) is 6.61 Å². The molecule has 7 nitrogen and oxygen atoms in total. The minimum atomic E-state index is -4.94. The van der Waals surface area contributed by atoms with Crippen LogP contribution in [0.4, 0.5) is 0 Å². The van der Waals surface area contributed by atoms with Gasteiger partial charge in [-0.1, -0.05) is 30.3 Å². The lowest BCUT2D eigenvalue weighted by Gasteiger charge is -2.17. The molecule has 0 fully saturated rings. The monoisotopic (exact) mass is 329 g/mol. The van der Waals surface area contributed by atoms with Gasteiger partial charge in [0.05, 0.1) is 6.61 Å². The smallest absolute Gasteiger partial charge is 0.226 e. The molecular formula is C14H16ClNO6. The average molecular weight is 330 g/mol. The first kappa shape index (κ1) is 18.1. The number of halogens is 1. The second kappa shape index (κ2) is 9.19. The highest BCUT2D eigenvalue weighted by Gasteiger charge is 2.02. The highest BCUT2D eigenvalue weighted by Crippen LogP contribution is 2.05. The van der Waals surface area contributed by atoms with Gasteiger partial charge in [0, 0.05) is 16.9 Å². The largest absolute Gasteiger partial charge is 0.493 e. The molecule has 0 bridgehead atoms. The maximum atomic E-state index is 8.49. The Morgan fingerprint density at radius 1 is 0.955 bits per heavy atom. The lowest BCUT2D eigenvalue weighted by atomic mass is 10.2. The fourth-order valence-corrected chi connectivity index (χ4v) is 1.47. The van der Waals surface area contributed by atoms with E-state index in [2.05, 4.69) is 0 Å². The molecule has 2 aromatic rings. The van der Waals surface area contributed by atoms with Crippen LogP contribution in [0.2, 0.25) is 0 Å². The second-order valence-corrected chi connectivity index (χ2v) is 4.72. The van der Waals surface area contributed by atoms with Crippen molar-refractivity contribution in [2.24, 2.45) is 0 Å². The van der Waals surface area contributed by atoms with Gasteiger partial charge in [0.25, 0.3) is 0 Å². The Balaban J connectivity index is 0.000000422. The molecule has 1 aromatic heterocycles. The van der Waals surface area contributed by atoms with Crippen molar-refractivity contribution in [2.45, 2.75) is 13.5 Å². The summed E-state index contributed by atoms with van der Waals surface area (Å²) >= 11 is 0. The number of hydrogen-bond donors (Lipinski definition) is 0. The summed E-state index contributed by atoms with van der Waals surface area (Å²) in [4.78, 5) is 5.59. The van der Waals surface area contributed by atoms with Crippen molar-refractivity contribution >= 4 is 0 Å². The van der Waals surface area contributed by atoms with Gasteiger partial charge in [0.2, 0.25) is 12.4 Å². The van der Waals surface area contributed by atoms with Crippen molar-refractivity contribution in [1.29, 1.82) is 0 Å². The van der Waals surface area contributed by atoms with Crippen molar-refractivity contribution < 1.29 is 43.2 Å². The van der Waals surface area contributed by atoms with E-state index in [4.69, 9.17) is 28.2 Å². The molecular weight excluding hydrogens is 314 g/mol. The molecule has 22 heavy (non-hydrogen) atoms. The zero-order chi connectivity index (χ0) is 16.4. The predicted octanol–water partition coefficient (Wildman–Crippen LogP) is -2.75. The summed E-state index contributed by atoms with van der Waals surface area (Å²) < 4.78 is 41.0. The Morgan fingerprint density at radius 2 is 1.50 bits per heavy atom. The maximum absolute atomic E-state index is 8.49. The summed E-state index contributed by atoms with van der Waals surface area (Å²) in [6.07, 6.45) is 3.68. The molecule has 0 aliphatic carbocycles. The van der Waals surface area contributed by atoms with Gasteiger partial charge < -0.3 is 4.74 Å². The highest BCUT2D eigenvalue weighted by molar-refractivity contribution is 5.14. The molecule has 0 spiro atoms. The highest BCUT2D eigenvalue weighted by atomic mass is 35.7. The van der Waals surface area contributed by atoms with E-state index in [-0.39, 0.29) is 0 Å². The lowest BCUT2D eigenvalue weighted by Crippen LogP contribution is -2.68. The van der Waals surface area contributed by atoms with Gasteiger partial charge in [-0.25, -0.2) is 18.6 Å². The third-order valence-corrected chi connectivity index (χ3v) is 2.31. The maximum Gasteiger partial charge on any atom is 0.226 e. The fraction of sp³-hybridized carbons (Fsp3) is 0.214. The molecule has 0 unspecified atom stereocenters. The first-order valence-corrected chi connectivity index (χ1v) is 7.55. The predicted molar refractivity (Wildman–Crippen MR) is 64.5 cm³/mol. The van der Waals surface area contributed by atoms with E-state index in [1.54, 1.807) is 4.73 Å². The Morgan fingerprint density at radius 3 is 2.00 bits per heavy atom. The minimum Gasteiger partial charge on any atom is -0.493 e. The van der Waals surface area contributed by atoms with Crippen LogP contribution in [0.25, 0.3) is 0 Å². The topological polar surface area (TPSA) is 115 Å². The molecule has 0 N–H and O–H groups in total. The molecule has 0 saturated carbocycles. The number of aromatic nitrogens is 1. The Bertz CT molecular complexity index is 523. The third-order valence-electron chi connectivity index (χ3n) is 2.31. The average Bonchev–Trinajstić information content (AvgIpc) is 2.46. The van der Waals surface area contributed by atoms with Gasteiger partial charge in [-0.2, -0.15) is 0 Å². The summed E-state index contributed by atoms with van der Waals surface area (Å²) in [5.41, 5.74) is 1.15. The van der Waals surface area contributed by atoms with E-state index in [0.717, 1.165) is 11.3 Å². The third kappa shape index (κ3) is 9.11. The summed E-state index contributed by atoms with van der Waals surface area (Å²) in [5, 5.41) is 0. The SMILES string of the molecule is CCOc1cc[n+](OCc2ccccc2)cc1.[O-][Cl+3]([O-])([O-])[O-]. The van der Waals surface area contributed by atoms with Gasteiger partial charge in [0.15, 0.2) is 6.61 Å². The van der Waals surface area contributed by atoms with Crippen LogP contribution in [0.5, 0.6) is 5.75 Å². The fourth-order valence-electron chi connectivity index (χ4n) is 1.47. The van der Waals surface area contributed by atoms with Crippen LogP contribution >= 0.6 is 0 Å². The molecule has 0 amide bonds. The normalized spacial score (nSPS) is 10.4. The van der Waals surface area contributed by atoms with Gasteiger partial charge in [-0.05, 0) is 12.5 Å². The van der Waals surface area contributed by atoms with E-state index < -0.39 is 10.2 Å². The number of rotatable bonds is 5. The van der Waals surface area contributed by atoms with Gasteiger partial charge in [0.1, 0.15) is 5.75 Å². The van der Waals surface area contributed by atoms with Gasteiger partial charge in [-0.15, -0.1) is 10.2 Å². The summed E-state index contributed by atoms with van der Waals surface area (Å²) in [5.74, 6) is 0.854. The zero-order valence-electron chi connectivity index (χ0n) is 11.9. The lowest BCUT2D eigenvalue weighted by molar-refractivity contribution is -2.00. The molecule has 8 heteroatoms. The van der Waals surface area contributed by atoms with Crippen molar-refractivity contribution in [3.05, 3.63) is 60.4 Å². The molecule has 120 valence electrons. The zero-order valence-corrected chi connectivity index (χ0v) is 12.6. The number of nitrogens with zero attached hydrogens (tertiary/aromatic N) is 1.